The van der Waals surface area contributed by atoms with Gasteiger partial charge in [-0.2, -0.15) is 0 Å². The summed E-state index contributed by atoms with van der Waals surface area (Å²) in [6, 6.07) is 0. The monoisotopic (exact) mass is 201 g/mol. The molecule has 0 aromatic carbocycles. The van der Waals surface area contributed by atoms with E-state index in [0.29, 0.717) is 5.92 Å². The first kappa shape index (κ1) is 11.5. The van der Waals surface area contributed by atoms with E-state index < -0.39 is 0 Å². The Bertz CT molecular complexity index is 176. The summed E-state index contributed by atoms with van der Waals surface area (Å²) in [5.41, 5.74) is 0. The molecule has 1 heterocycles. The largest absolute Gasteiger partial charge is 0.387 e. The summed E-state index contributed by atoms with van der Waals surface area (Å²) < 4.78 is 5.02. The molecule has 1 N–H and O–H groups in total. The molecule has 0 spiro atoms. The molecule has 0 radical (unpaired) electrons. The minimum Gasteiger partial charge on any atom is -0.387 e. The number of rotatable bonds is 4. The first-order chi connectivity index (χ1) is 6.77. The number of piperidine rings is 1. The zero-order valence-electron chi connectivity index (χ0n) is 8.74. The van der Waals surface area contributed by atoms with Gasteiger partial charge in [0.1, 0.15) is 6.61 Å². The van der Waals surface area contributed by atoms with Gasteiger partial charge in [0.15, 0.2) is 0 Å². The lowest BCUT2D eigenvalue weighted by Crippen LogP contribution is -2.40. The van der Waals surface area contributed by atoms with Crippen LogP contribution in [0.4, 0.5) is 0 Å². The Kier molecular flexibility index (Phi) is 4.90. The highest BCUT2D eigenvalue weighted by Crippen LogP contribution is 2.20. The number of ether oxygens (including phenoxy) is 1. The molecule has 0 bridgehead atoms. The second-order valence-electron chi connectivity index (χ2n) is 3.76. The van der Waals surface area contributed by atoms with E-state index in [1.807, 2.05) is 0 Å². The lowest BCUT2D eigenvalue weighted by molar-refractivity contribution is -0.135. The highest BCUT2D eigenvalue weighted by Gasteiger charge is 2.21. The van der Waals surface area contributed by atoms with Crippen molar-refractivity contribution in [3.63, 3.8) is 0 Å². The molecule has 0 saturated carbocycles. The van der Waals surface area contributed by atoms with Crippen molar-refractivity contribution >= 4 is 5.91 Å². The summed E-state index contributed by atoms with van der Waals surface area (Å²) in [6.45, 7) is 2.02. The summed E-state index contributed by atoms with van der Waals surface area (Å²) in [5.74, 6) is 0.535. The zero-order valence-corrected chi connectivity index (χ0v) is 8.74. The molecular weight excluding hydrogens is 182 g/mol. The number of carbonyl (C=O) groups is 1. The Labute approximate surface area is 84.8 Å². The average Bonchev–Trinajstić information content (AvgIpc) is 2.26. The predicted molar refractivity (Wildman–Crippen MR) is 52.9 cm³/mol. The van der Waals surface area contributed by atoms with Gasteiger partial charge in [0.25, 0.3) is 0 Å². The molecule has 82 valence electrons. The molecular formula is C10H19NO3. The van der Waals surface area contributed by atoms with Gasteiger partial charge in [0, 0.05) is 26.8 Å². The Balaban J connectivity index is 2.20. The van der Waals surface area contributed by atoms with Gasteiger partial charge in [0.05, 0.1) is 0 Å². The van der Waals surface area contributed by atoms with Crippen LogP contribution in [0.3, 0.4) is 0 Å². The van der Waals surface area contributed by atoms with E-state index in [-0.39, 0.29) is 12.5 Å². The van der Waals surface area contributed by atoms with Gasteiger partial charge in [-0.05, 0) is 25.2 Å². The van der Waals surface area contributed by atoms with Gasteiger partial charge in [-0.15, -0.1) is 0 Å². The summed E-state index contributed by atoms with van der Waals surface area (Å²) in [4.78, 5) is 12.9. The number of carbonyl (C=O) groups excluding carboxylic acids is 1. The van der Waals surface area contributed by atoms with E-state index in [1.165, 1.54) is 0 Å². The van der Waals surface area contributed by atoms with Crippen LogP contribution in [0.1, 0.15) is 19.3 Å². The Morgan fingerprint density at radius 2 is 2.14 bits per heavy atom. The molecule has 1 amide bonds. The van der Waals surface area contributed by atoms with Crippen molar-refractivity contribution in [2.75, 3.05) is 33.4 Å². The maximum atomic E-state index is 11.1. The summed E-state index contributed by atoms with van der Waals surface area (Å²) in [6.07, 6.45) is 3.15. The van der Waals surface area contributed by atoms with Crippen LogP contribution in [0.15, 0.2) is 0 Å². The quantitative estimate of drug-likeness (QED) is 0.709. The number of aliphatic hydroxyl groups is 1. The van der Waals surface area contributed by atoms with Crippen molar-refractivity contribution in [2.24, 2.45) is 5.92 Å². The van der Waals surface area contributed by atoms with Crippen molar-refractivity contribution < 1.29 is 14.6 Å². The molecule has 0 atom stereocenters. The van der Waals surface area contributed by atoms with Crippen LogP contribution < -0.4 is 0 Å². The number of amides is 1. The molecule has 1 aliphatic heterocycles. The number of hydrogen-bond donors (Lipinski definition) is 1. The molecule has 1 rings (SSSR count). The fraction of sp³-hybridized carbons (Fsp3) is 0.900. The second-order valence-corrected chi connectivity index (χ2v) is 3.76. The van der Waals surface area contributed by atoms with Crippen LogP contribution >= 0.6 is 0 Å². The summed E-state index contributed by atoms with van der Waals surface area (Å²) in [7, 11) is 1.71. The Hall–Kier alpha value is -0.610. The van der Waals surface area contributed by atoms with E-state index in [0.717, 1.165) is 39.0 Å². The molecule has 14 heavy (non-hydrogen) atoms. The highest BCUT2D eigenvalue weighted by atomic mass is 16.5. The minimum atomic E-state index is -0.358. The number of hydrogen-bond acceptors (Lipinski definition) is 3. The smallest absolute Gasteiger partial charge is 0.248 e. The first-order valence-corrected chi connectivity index (χ1v) is 5.15. The van der Waals surface area contributed by atoms with Gasteiger partial charge in [-0.1, -0.05) is 0 Å². The fourth-order valence-electron chi connectivity index (χ4n) is 1.86. The number of nitrogens with zero attached hydrogens (tertiary/aromatic N) is 1. The van der Waals surface area contributed by atoms with Crippen LogP contribution in [0.2, 0.25) is 0 Å². The molecule has 0 aromatic rings. The third-order valence-electron chi connectivity index (χ3n) is 2.83. The van der Waals surface area contributed by atoms with E-state index >= 15 is 0 Å². The Morgan fingerprint density at radius 3 is 2.64 bits per heavy atom. The maximum Gasteiger partial charge on any atom is 0.248 e. The lowest BCUT2D eigenvalue weighted by Gasteiger charge is -2.31. The van der Waals surface area contributed by atoms with Crippen LogP contribution in [-0.2, 0) is 9.53 Å². The van der Waals surface area contributed by atoms with E-state index in [9.17, 15) is 4.79 Å². The van der Waals surface area contributed by atoms with E-state index in [1.54, 1.807) is 12.0 Å². The average molecular weight is 201 g/mol. The molecule has 0 aromatic heterocycles. The summed E-state index contributed by atoms with van der Waals surface area (Å²) >= 11 is 0. The molecule has 4 nitrogen and oxygen atoms in total. The van der Waals surface area contributed by atoms with Crippen LogP contribution in [0.5, 0.6) is 0 Å². The second kappa shape index (κ2) is 5.98. The topological polar surface area (TPSA) is 49.8 Å². The standard InChI is InChI=1S/C10H19NO3/c1-14-7-4-9-2-5-11(6-3-9)10(13)8-12/h9,12H,2-8H2,1H3. The molecule has 0 unspecified atom stereocenters. The van der Waals surface area contributed by atoms with Gasteiger partial charge < -0.3 is 14.7 Å². The van der Waals surface area contributed by atoms with Gasteiger partial charge in [0.2, 0.25) is 5.91 Å². The van der Waals surface area contributed by atoms with Crippen molar-refractivity contribution in [1.82, 2.24) is 4.90 Å². The highest BCUT2D eigenvalue weighted by molar-refractivity contribution is 5.77. The zero-order chi connectivity index (χ0) is 10.4. The van der Waals surface area contributed by atoms with Gasteiger partial charge in [-0.25, -0.2) is 0 Å². The van der Waals surface area contributed by atoms with E-state index in [2.05, 4.69) is 0 Å². The van der Waals surface area contributed by atoms with Crippen LogP contribution in [-0.4, -0.2) is 49.3 Å². The van der Waals surface area contributed by atoms with Gasteiger partial charge >= 0.3 is 0 Å². The fourth-order valence-corrected chi connectivity index (χ4v) is 1.86. The molecule has 1 aliphatic rings. The molecule has 1 saturated heterocycles. The van der Waals surface area contributed by atoms with Crippen molar-refractivity contribution in [2.45, 2.75) is 19.3 Å². The normalized spacial score (nSPS) is 18.6. The number of methoxy groups -OCH3 is 1. The minimum absolute atomic E-state index is 0.143. The third kappa shape index (κ3) is 3.27. The Morgan fingerprint density at radius 1 is 1.50 bits per heavy atom. The third-order valence-corrected chi connectivity index (χ3v) is 2.83. The SMILES string of the molecule is COCCC1CCN(C(=O)CO)CC1. The number of likely N-dealkylation sites (tertiary alicyclic amines) is 1. The van der Waals surface area contributed by atoms with Crippen molar-refractivity contribution in [3.05, 3.63) is 0 Å². The predicted octanol–water partition coefficient (Wildman–Crippen LogP) is 0.254. The molecule has 0 aliphatic carbocycles. The molecule has 1 fully saturated rings. The maximum absolute atomic E-state index is 11.1. The van der Waals surface area contributed by atoms with Gasteiger partial charge in [-0.3, -0.25) is 4.79 Å². The van der Waals surface area contributed by atoms with Crippen LogP contribution in [0.25, 0.3) is 0 Å². The van der Waals surface area contributed by atoms with Crippen molar-refractivity contribution in [3.8, 4) is 0 Å². The first-order valence-electron chi connectivity index (χ1n) is 5.15. The van der Waals surface area contributed by atoms with Crippen molar-refractivity contribution in [1.29, 1.82) is 0 Å². The van der Waals surface area contributed by atoms with Crippen LogP contribution in [0, 0.1) is 5.92 Å². The molecule has 4 heteroatoms. The lowest BCUT2D eigenvalue weighted by atomic mass is 9.94. The van der Waals surface area contributed by atoms with E-state index in [4.69, 9.17) is 9.84 Å². The number of aliphatic hydroxyl groups excluding tert-OH is 1. The summed E-state index contributed by atoms with van der Waals surface area (Å²) in [5, 5.41) is 8.68.